The van der Waals surface area contributed by atoms with Gasteiger partial charge in [-0.3, -0.25) is 4.79 Å². The summed E-state index contributed by atoms with van der Waals surface area (Å²) in [6.07, 6.45) is 3.64. The van der Waals surface area contributed by atoms with Crippen LogP contribution < -0.4 is 10.6 Å². The van der Waals surface area contributed by atoms with Gasteiger partial charge in [-0.2, -0.15) is 0 Å². The van der Waals surface area contributed by atoms with Crippen LogP contribution >= 0.6 is 33.9 Å². The number of thiophene rings is 1. The SMILES string of the molecule is O=C(NCCC1CCCNC1)c1csc(I)c1. The highest BCUT2D eigenvalue weighted by atomic mass is 127. The van der Waals surface area contributed by atoms with Gasteiger partial charge in [-0.1, -0.05) is 0 Å². The first-order chi connectivity index (χ1) is 8.25. The first-order valence-corrected chi connectivity index (χ1v) is 7.94. The molecule has 1 aromatic rings. The molecule has 0 spiro atoms. The van der Waals surface area contributed by atoms with Gasteiger partial charge < -0.3 is 10.6 Å². The van der Waals surface area contributed by atoms with E-state index >= 15 is 0 Å². The molecule has 2 heterocycles. The molecule has 0 saturated carbocycles. The van der Waals surface area contributed by atoms with Crippen molar-refractivity contribution in [1.82, 2.24) is 10.6 Å². The van der Waals surface area contributed by atoms with Gasteiger partial charge in [0, 0.05) is 11.9 Å². The smallest absolute Gasteiger partial charge is 0.252 e. The van der Waals surface area contributed by atoms with Crippen molar-refractivity contribution < 1.29 is 4.79 Å². The molecular formula is C12H17IN2OS. The molecule has 5 heteroatoms. The van der Waals surface area contributed by atoms with Crippen LogP contribution in [0, 0.1) is 8.80 Å². The first kappa shape index (κ1) is 13.3. The fourth-order valence-electron chi connectivity index (χ4n) is 2.09. The summed E-state index contributed by atoms with van der Waals surface area (Å²) in [5.74, 6) is 0.791. The summed E-state index contributed by atoms with van der Waals surface area (Å²) < 4.78 is 1.16. The number of piperidine rings is 1. The molecular weight excluding hydrogens is 347 g/mol. The van der Waals surface area contributed by atoms with Crippen molar-refractivity contribution in [3.05, 3.63) is 19.9 Å². The first-order valence-electron chi connectivity index (χ1n) is 5.98. The Morgan fingerprint density at radius 1 is 1.65 bits per heavy atom. The van der Waals surface area contributed by atoms with Gasteiger partial charge in [-0.05, 0) is 66.9 Å². The van der Waals surface area contributed by atoms with E-state index in [1.807, 2.05) is 11.4 Å². The maximum atomic E-state index is 11.8. The van der Waals surface area contributed by atoms with E-state index in [1.54, 1.807) is 11.3 Å². The number of nitrogens with one attached hydrogen (secondary N) is 2. The second-order valence-corrected chi connectivity index (χ2v) is 7.20. The maximum Gasteiger partial charge on any atom is 0.252 e. The van der Waals surface area contributed by atoms with Crippen molar-refractivity contribution in [2.45, 2.75) is 19.3 Å². The van der Waals surface area contributed by atoms with Crippen LogP contribution in [-0.2, 0) is 0 Å². The van der Waals surface area contributed by atoms with Crippen LogP contribution in [-0.4, -0.2) is 25.5 Å². The Labute approximate surface area is 120 Å². The van der Waals surface area contributed by atoms with Gasteiger partial charge in [-0.15, -0.1) is 11.3 Å². The second-order valence-electron chi connectivity index (χ2n) is 4.40. The normalized spacial score (nSPS) is 20.2. The summed E-state index contributed by atoms with van der Waals surface area (Å²) in [6.45, 7) is 3.04. The maximum absolute atomic E-state index is 11.8. The van der Waals surface area contributed by atoms with Gasteiger partial charge in [0.1, 0.15) is 0 Å². The number of carbonyl (C=O) groups excluding carboxylic acids is 1. The summed E-state index contributed by atoms with van der Waals surface area (Å²) in [5, 5.41) is 8.31. The van der Waals surface area contributed by atoms with Gasteiger partial charge >= 0.3 is 0 Å². The van der Waals surface area contributed by atoms with Crippen LogP contribution in [0.25, 0.3) is 0 Å². The number of hydrogen-bond donors (Lipinski definition) is 2. The van der Waals surface area contributed by atoms with Crippen LogP contribution in [0.1, 0.15) is 29.6 Å². The Hall–Kier alpha value is -0.140. The minimum atomic E-state index is 0.0629. The van der Waals surface area contributed by atoms with Crippen molar-refractivity contribution in [2.24, 2.45) is 5.92 Å². The summed E-state index contributed by atoms with van der Waals surface area (Å²) in [6, 6.07) is 1.93. The molecule has 0 aliphatic carbocycles. The number of carbonyl (C=O) groups is 1. The van der Waals surface area contributed by atoms with Crippen LogP contribution in [0.4, 0.5) is 0 Å². The lowest BCUT2D eigenvalue weighted by Crippen LogP contribution is -2.33. The van der Waals surface area contributed by atoms with Gasteiger partial charge in [0.2, 0.25) is 0 Å². The standard InChI is InChI=1S/C12H17IN2OS/c13-11-6-10(8-17-11)12(16)15-5-3-9-2-1-4-14-7-9/h6,8-9,14H,1-5,7H2,(H,15,16). The molecule has 17 heavy (non-hydrogen) atoms. The predicted molar refractivity (Wildman–Crippen MR) is 79.6 cm³/mol. The van der Waals surface area contributed by atoms with Crippen molar-refractivity contribution in [3.8, 4) is 0 Å². The third-order valence-electron chi connectivity index (χ3n) is 3.07. The average Bonchev–Trinajstić information content (AvgIpc) is 2.77. The van der Waals surface area contributed by atoms with Gasteiger partial charge in [0.25, 0.3) is 5.91 Å². The van der Waals surface area contributed by atoms with E-state index in [2.05, 4.69) is 33.2 Å². The summed E-state index contributed by atoms with van der Waals surface area (Å²) >= 11 is 3.85. The highest BCUT2D eigenvalue weighted by Gasteiger charge is 2.13. The highest BCUT2D eigenvalue weighted by Crippen LogP contribution is 2.17. The molecule has 1 saturated heterocycles. The Kier molecular flexibility index (Phi) is 5.24. The molecule has 1 amide bonds. The molecule has 2 N–H and O–H groups in total. The molecule has 0 bridgehead atoms. The summed E-state index contributed by atoms with van der Waals surface area (Å²) in [7, 11) is 0. The van der Waals surface area contributed by atoms with E-state index in [0.29, 0.717) is 0 Å². The number of hydrogen-bond acceptors (Lipinski definition) is 3. The fourth-order valence-corrected chi connectivity index (χ4v) is 3.42. The number of rotatable bonds is 4. The van der Waals surface area contributed by atoms with Crippen molar-refractivity contribution in [3.63, 3.8) is 0 Å². The zero-order valence-electron chi connectivity index (χ0n) is 9.67. The van der Waals surface area contributed by atoms with E-state index in [4.69, 9.17) is 0 Å². The van der Waals surface area contributed by atoms with E-state index in [1.165, 1.54) is 12.8 Å². The second kappa shape index (κ2) is 6.70. The lowest BCUT2D eigenvalue weighted by atomic mass is 9.96. The summed E-state index contributed by atoms with van der Waals surface area (Å²) in [4.78, 5) is 11.8. The zero-order valence-corrected chi connectivity index (χ0v) is 12.6. The van der Waals surface area contributed by atoms with Gasteiger partial charge in [0.05, 0.1) is 8.45 Å². The molecule has 94 valence electrons. The summed E-state index contributed by atoms with van der Waals surface area (Å²) in [5.41, 5.74) is 0.793. The molecule has 3 nitrogen and oxygen atoms in total. The molecule has 1 fully saturated rings. The number of halogens is 1. The minimum absolute atomic E-state index is 0.0629. The molecule has 0 aromatic carbocycles. The quantitative estimate of drug-likeness (QED) is 0.806. The Morgan fingerprint density at radius 2 is 2.53 bits per heavy atom. The third-order valence-corrected chi connectivity index (χ3v) is 4.86. The van der Waals surface area contributed by atoms with Crippen LogP contribution in [0.5, 0.6) is 0 Å². The van der Waals surface area contributed by atoms with E-state index < -0.39 is 0 Å². The molecule has 1 aliphatic heterocycles. The monoisotopic (exact) mass is 364 g/mol. The molecule has 2 rings (SSSR count). The van der Waals surface area contributed by atoms with Crippen LogP contribution in [0.2, 0.25) is 0 Å². The molecule has 1 unspecified atom stereocenters. The number of amides is 1. The molecule has 1 aromatic heterocycles. The third kappa shape index (κ3) is 4.22. The lowest BCUT2D eigenvalue weighted by molar-refractivity contribution is 0.0951. The van der Waals surface area contributed by atoms with E-state index in [9.17, 15) is 4.79 Å². The zero-order chi connectivity index (χ0) is 12.1. The average molecular weight is 364 g/mol. The Morgan fingerprint density at radius 3 is 3.18 bits per heavy atom. The lowest BCUT2D eigenvalue weighted by Gasteiger charge is -2.22. The fraction of sp³-hybridized carbons (Fsp3) is 0.583. The minimum Gasteiger partial charge on any atom is -0.352 e. The van der Waals surface area contributed by atoms with Crippen molar-refractivity contribution in [2.75, 3.05) is 19.6 Å². The van der Waals surface area contributed by atoms with Crippen molar-refractivity contribution in [1.29, 1.82) is 0 Å². The van der Waals surface area contributed by atoms with Gasteiger partial charge in [0.15, 0.2) is 0 Å². The van der Waals surface area contributed by atoms with Gasteiger partial charge in [-0.25, -0.2) is 0 Å². The topological polar surface area (TPSA) is 41.1 Å². The molecule has 0 radical (unpaired) electrons. The molecule has 1 aliphatic rings. The Bertz CT molecular complexity index is 374. The van der Waals surface area contributed by atoms with Crippen LogP contribution in [0.3, 0.4) is 0 Å². The Balaban J connectivity index is 1.69. The van der Waals surface area contributed by atoms with Crippen molar-refractivity contribution >= 4 is 39.8 Å². The largest absolute Gasteiger partial charge is 0.352 e. The van der Waals surface area contributed by atoms with E-state index in [-0.39, 0.29) is 5.91 Å². The molecule has 1 atom stereocenters. The predicted octanol–water partition coefficient (Wildman–Crippen LogP) is 2.47. The van der Waals surface area contributed by atoms with Crippen LogP contribution in [0.15, 0.2) is 11.4 Å². The highest BCUT2D eigenvalue weighted by molar-refractivity contribution is 14.1. The van der Waals surface area contributed by atoms with E-state index in [0.717, 1.165) is 40.4 Å².